The van der Waals surface area contributed by atoms with Gasteiger partial charge < -0.3 is 24.3 Å². The molecule has 0 saturated carbocycles. The summed E-state index contributed by atoms with van der Waals surface area (Å²) in [5.74, 6) is 2.76. The van der Waals surface area contributed by atoms with E-state index in [2.05, 4.69) is 22.3 Å². The molecular weight excluding hydrogens is 384 g/mol. The van der Waals surface area contributed by atoms with Crippen molar-refractivity contribution in [2.75, 3.05) is 45.8 Å². The van der Waals surface area contributed by atoms with Gasteiger partial charge in [-0.15, -0.1) is 0 Å². The number of hydrogen-bond acceptors (Lipinski definition) is 6. The summed E-state index contributed by atoms with van der Waals surface area (Å²) in [6.45, 7) is 2.56. The normalized spacial score (nSPS) is 18.5. The maximum Gasteiger partial charge on any atom is 0.238 e. The Morgan fingerprint density at radius 3 is 2.63 bits per heavy atom. The Morgan fingerprint density at radius 2 is 1.83 bits per heavy atom. The van der Waals surface area contributed by atoms with Crippen LogP contribution in [0.25, 0.3) is 0 Å². The van der Waals surface area contributed by atoms with Crippen molar-refractivity contribution in [2.24, 2.45) is 0 Å². The predicted molar refractivity (Wildman–Crippen MR) is 114 cm³/mol. The molecule has 1 N–H and O–H groups in total. The number of ether oxygens (including phenoxy) is 4. The zero-order valence-electron chi connectivity index (χ0n) is 17.5. The molecule has 0 bridgehead atoms. The van der Waals surface area contributed by atoms with Gasteiger partial charge in [0.15, 0.2) is 23.0 Å². The first-order valence-electron chi connectivity index (χ1n) is 10.3. The van der Waals surface area contributed by atoms with E-state index in [1.807, 2.05) is 12.1 Å². The summed E-state index contributed by atoms with van der Waals surface area (Å²) in [4.78, 5) is 14.9. The summed E-state index contributed by atoms with van der Waals surface area (Å²) < 4.78 is 22.1. The molecule has 2 aromatic carbocycles. The Kier molecular flexibility index (Phi) is 6.28. The zero-order chi connectivity index (χ0) is 20.9. The summed E-state index contributed by atoms with van der Waals surface area (Å²) in [7, 11) is 3.16. The lowest BCUT2D eigenvalue weighted by atomic mass is 10.0. The third-order valence-corrected chi connectivity index (χ3v) is 5.53. The third-order valence-electron chi connectivity index (χ3n) is 5.53. The smallest absolute Gasteiger partial charge is 0.238 e. The molecule has 1 unspecified atom stereocenters. The second-order valence-electron chi connectivity index (χ2n) is 7.50. The van der Waals surface area contributed by atoms with Crippen molar-refractivity contribution in [3.63, 3.8) is 0 Å². The third kappa shape index (κ3) is 4.46. The second kappa shape index (κ2) is 9.26. The number of anilines is 1. The molecule has 1 fully saturated rings. The first-order chi connectivity index (χ1) is 14.7. The van der Waals surface area contributed by atoms with Crippen LogP contribution < -0.4 is 24.3 Å². The number of nitrogens with zero attached hydrogens (tertiary/aromatic N) is 1. The maximum absolute atomic E-state index is 12.7. The highest BCUT2D eigenvalue weighted by atomic mass is 16.5. The summed E-state index contributed by atoms with van der Waals surface area (Å²) in [5, 5.41) is 2.96. The Bertz CT molecular complexity index is 901. The van der Waals surface area contributed by atoms with E-state index in [-0.39, 0.29) is 11.9 Å². The van der Waals surface area contributed by atoms with E-state index in [1.54, 1.807) is 26.4 Å². The first kappa shape index (κ1) is 20.3. The highest BCUT2D eigenvalue weighted by molar-refractivity contribution is 5.92. The topological polar surface area (TPSA) is 69.3 Å². The van der Waals surface area contributed by atoms with Gasteiger partial charge in [-0.3, -0.25) is 9.69 Å². The molecule has 2 aliphatic heterocycles. The Balaban J connectivity index is 1.43. The second-order valence-corrected chi connectivity index (χ2v) is 7.50. The minimum absolute atomic E-state index is 0.0523. The number of likely N-dealkylation sites (tertiary alicyclic amines) is 1. The lowest BCUT2D eigenvalue weighted by Gasteiger charge is -2.25. The number of rotatable bonds is 6. The number of fused-ring (bicyclic) bond motifs is 1. The van der Waals surface area contributed by atoms with Crippen LogP contribution in [0, 0.1) is 0 Å². The van der Waals surface area contributed by atoms with Crippen molar-refractivity contribution in [1.29, 1.82) is 0 Å². The summed E-state index contributed by atoms with van der Waals surface area (Å²) >= 11 is 0. The van der Waals surface area contributed by atoms with Crippen LogP contribution in [0.3, 0.4) is 0 Å². The van der Waals surface area contributed by atoms with Gasteiger partial charge in [0.05, 0.1) is 34.0 Å². The SMILES string of the molecule is COc1ccc(NC(=O)CN2CCCC2c2ccc3c(c2)OCCCO3)cc1OC. The molecule has 2 heterocycles. The van der Waals surface area contributed by atoms with Gasteiger partial charge in [-0.1, -0.05) is 6.07 Å². The van der Waals surface area contributed by atoms with Crippen LogP contribution in [0.4, 0.5) is 5.69 Å². The summed E-state index contributed by atoms with van der Waals surface area (Å²) in [5.41, 5.74) is 1.85. The highest BCUT2D eigenvalue weighted by Gasteiger charge is 2.28. The van der Waals surface area contributed by atoms with Crippen molar-refractivity contribution in [1.82, 2.24) is 4.90 Å². The summed E-state index contributed by atoms with van der Waals surface area (Å²) in [6, 6.07) is 11.7. The fourth-order valence-corrected chi connectivity index (χ4v) is 4.08. The van der Waals surface area contributed by atoms with Crippen LogP contribution in [0.5, 0.6) is 23.0 Å². The molecule has 7 heteroatoms. The molecule has 4 rings (SSSR count). The number of methoxy groups -OCH3 is 2. The molecule has 2 aromatic rings. The number of benzene rings is 2. The van der Waals surface area contributed by atoms with Gasteiger partial charge >= 0.3 is 0 Å². The van der Waals surface area contributed by atoms with E-state index in [0.29, 0.717) is 36.9 Å². The number of amides is 1. The molecule has 1 saturated heterocycles. The first-order valence-corrected chi connectivity index (χ1v) is 10.3. The zero-order valence-corrected chi connectivity index (χ0v) is 17.5. The van der Waals surface area contributed by atoms with E-state index in [1.165, 1.54) is 0 Å². The van der Waals surface area contributed by atoms with Crippen LogP contribution in [0.15, 0.2) is 36.4 Å². The molecule has 1 amide bonds. The molecule has 0 aliphatic carbocycles. The predicted octanol–water partition coefficient (Wildman–Crippen LogP) is 3.64. The van der Waals surface area contributed by atoms with Gasteiger partial charge in [-0.25, -0.2) is 0 Å². The Morgan fingerprint density at radius 1 is 1.03 bits per heavy atom. The van der Waals surface area contributed by atoms with Gasteiger partial charge in [0.2, 0.25) is 5.91 Å². The lowest BCUT2D eigenvalue weighted by Crippen LogP contribution is -2.33. The Hall–Kier alpha value is -2.93. The van der Waals surface area contributed by atoms with Gasteiger partial charge in [-0.05, 0) is 49.2 Å². The van der Waals surface area contributed by atoms with Crippen LogP contribution >= 0.6 is 0 Å². The van der Waals surface area contributed by atoms with E-state index < -0.39 is 0 Å². The van der Waals surface area contributed by atoms with E-state index in [4.69, 9.17) is 18.9 Å². The lowest BCUT2D eigenvalue weighted by molar-refractivity contribution is -0.117. The molecule has 2 aliphatic rings. The molecule has 0 aromatic heterocycles. The van der Waals surface area contributed by atoms with Crippen molar-refractivity contribution < 1.29 is 23.7 Å². The van der Waals surface area contributed by atoms with Crippen LogP contribution in [0.2, 0.25) is 0 Å². The Labute approximate surface area is 176 Å². The van der Waals surface area contributed by atoms with Gasteiger partial charge in [-0.2, -0.15) is 0 Å². The van der Waals surface area contributed by atoms with E-state index >= 15 is 0 Å². The minimum Gasteiger partial charge on any atom is -0.493 e. The average molecular weight is 412 g/mol. The molecule has 1 atom stereocenters. The van der Waals surface area contributed by atoms with Crippen molar-refractivity contribution in [3.8, 4) is 23.0 Å². The molecule has 7 nitrogen and oxygen atoms in total. The van der Waals surface area contributed by atoms with E-state index in [0.717, 1.165) is 42.9 Å². The van der Waals surface area contributed by atoms with Crippen LogP contribution in [-0.2, 0) is 4.79 Å². The van der Waals surface area contributed by atoms with Gasteiger partial charge in [0.25, 0.3) is 0 Å². The van der Waals surface area contributed by atoms with Crippen LogP contribution in [-0.4, -0.2) is 51.3 Å². The van der Waals surface area contributed by atoms with Gasteiger partial charge in [0, 0.05) is 24.2 Å². The number of nitrogens with one attached hydrogen (secondary N) is 1. The molecule has 160 valence electrons. The van der Waals surface area contributed by atoms with Crippen LogP contribution in [0.1, 0.15) is 30.9 Å². The maximum atomic E-state index is 12.7. The number of carbonyl (C=O) groups excluding carboxylic acids is 1. The van der Waals surface area contributed by atoms with Crippen molar-refractivity contribution in [2.45, 2.75) is 25.3 Å². The average Bonchev–Trinajstić information content (AvgIpc) is 3.08. The molecule has 0 spiro atoms. The molecular formula is C23H28N2O5. The highest BCUT2D eigenvalue weighted by Crippen LogP contribution is 2.38. The monoisotopic (exact) mass is 412 g/mol. The van der Waals surface area contributed by atoms with Crippen molar-refractivity contribution in [3.05, 3.63) is 42.0 Å². The summed E-state index contributed by atoms with van der Waals surface area (Å²) in [6.07, 6.45) is 2.96. The number of carbonyl (C=O) groups is 1. The molecule has 30 heavy (non-hydrogen) atoms. The number of hydrogen-bond donors (Lipinski definition) is 1. The largest absolute Gasteiger partial charge is 0.493 e. The van der Waals surface area contributed by atoms with Crippen molar-refractivity contribution >= 4 is 11.6 Å². The standard InChI is InChI=1S/C23H28N2O5/c1-27-19-9-7-17(14-21(19)28-2)24-23(26)15-25-10-3-5-18(25)16-6-8-20-22(13-16)30-12-4-11-29-20/h6-9,13-14,18H,3-5,10-12,15H2,1-2H3,(H,24,26). The fraction of sp³-hybridized carbons (Fsp3) is 0.435. The fourth-order valence-electron chi connectivity index (χ4n) is 4.08. The minimum atomic E-state index is -0.0523. The molecule has 0 radical (unpaired) electrons. The quantitative estimate of drug-likeness (QED) is 0.781. The van der Waals surface area contributed by atoms with E-state index in [9.17, 15) is 4.79 Å². The van der Waals surface area contributed by atoms with Gasteiger partial charge in [0.1, 0.15) is 0 Å².